The highest BCUT2D eigenvalue weighted by molar-refractivity contribution is 9.10. The highest BCUT2D eigenvalue weighted by Gasteiger charge is 2.40. The lowest BCUT2D eigenvalue weighted by molar-refractivity contribution is -0.169. The van der Waals surface area contributed by atoms with Crippen molar-refractivity contribution in [2.75, 3.05) is 31.2 Å². The van der Waals surface area contributed by atoms with Crippen LogP contribution in [-0.4, -0.2) is 41.9 Å². The van der Waals surface area contributed by atoms with Crippen LogP contribution in [0.1, 0.15) is 12.8 Å². The van der Waals surface area contributed by atoms with Gasteiger partial charge in [-0.3, -0.25) is 4.79 Å². The van der Waals surface area contributed by atoms with Crippen molar-refractivity contribution in [2.24, 2.45) is 0 Å². The van der Waals surface area contributed by atoms with E-state index in [2.05, 4.69) is 25.9 Å². The molecule has 7 nitrogen and oxygen atoms in total. The van der Waals surface area contributed by atoms with E-state index in [1.54, 1.807) is 30.5 Å². The SMILES string of the molecule is O=c1c(Oc2ccc(Br)cc2)c(N2CCC3(CC2)OCCO3)cnn1-c1ccc(Cl)cc1. The molecule has 0 amide bonds. The summed E-state index contributed by atoms with van der Waals surface area (Å²) < 4.78 is 20.0. The molecule has 5 rings (SSSR count). The number of aromatic nitrogens is 2. The molecule has 166 valence electrons. The summed E-state index contributed by atoms with van der Waals surface area (Å²) in [6.45, 7) is 2.58. The molecule has 32 heavy (non-hydrogen) atoms. The number of hydrogen-bond acceptors (Lipinski definition) is 6. The van der Waals surface area contributed by atoms with E-state index in [1.165, 1.54) is 4.68 Å². The molecule has 0 saturated carbocycles. The van der Waals surface area contributed by atoms with Gasteiger partial charge in [-0.2, -0.15) is 9.78 Å². The Morgan fingerprint density at radius 2 is 1.66 bits per heavy atom. The summed E-state index contributed by atoms with van der Waals surface area (Å²) in [5, 5.41) is 5.01. The van der Waals surface area contributed by atoms with E-state index >= 15 is 0 Å². The van der Waals surface area contributed by atoms with Crippen LogP contribution in [0.4, 0.5) is 5.69 Å². The molecular formula is C23H21BrClN3O4. The summed E-state index contributed by atoms with van der Waals surface area (Å²) in [5.74, 6) is 0.285. The minimum atomic E-state index is -0.505. The van der Waals surface area contributed by atoms with Crippen molar-refractivity contribution in [3.05, 3.63) is 74.6 Å². The predicted molar refractivity (Wildman–Crippen MR) is 125 cm³/mol. The fraction of sp³-hybridized carbons (Fsp3) is 0.304. The van der Waals surface area contributed by atoms with E-state index in [9.17, 15) is 4.79 Å². The summed E-state index contributed by atoms with van der Waals surface area (Å²) in [7, 11) is 0. The highest BCUT2D eigenvalue weighted by atomic mass is 79.9. The van der Waals surface area contributed by atoms with Crippen LogP contribution in [0.15, 0.2) is 64.0 Å². The highest BCUT2D eigenvalue weighted by Crippen LogP contribution is 2.36. The van der Waals surface area contributed by atoms with E-state index in [0.717, 1.165) is 4.47 Å². The number of nitrogens with zero attached hydrogens (tertiary/aromatic N) is 3. The van der Waals surface area contributed by atoms with Gasteiger partial charge in [-0.1, -0.05) is 27.5 Å². The molecule has 1 spiro atoms. The molecule has 2 fully saturated rings. The van der Waals surface area contributed by atoms with Gasteiger partial charge in [0.25, 0.3) is 0 Å². The van der Waals surface area contributed by atoms with Crippen molar-refractivity contribution in [3.8, 4) is 17.2 Å². The third-order valence-electron chi connectivity index (χ3n) is 5.70. The Bertz CT molecular complexity index is 1150. The van der Waals surface area contributed by atoms with Crippen LogP contribution in [-0.2, 0) is 9.47 Å². The van der Waals surface area contributed by atoms with E-state index < -0.39 is 5.79 Å². The summed E-state index contributed by atoms with van der Waals surface area (Å²) in [6.07, 6.45) is 3.11. The Kier molecular flexibility index (Phi) is 5.94. The van der Waals surface area contributed by atoms with Gasteiger partial charge >= 0.3 is 5.56 Å². The van der Waals surface area contributed by atoms with Gasteiger partial charge in [0.2, 0.25) is 5.75 Å². The monoisotopic (exact) mass is 517 g/mol. The Hall–Kier alpha value is -2.39. The average molecular weight is 519 g/mol. The van der Waals surface area contributed by atoms with Gasteiger partial charge in [-0.05, 0) is 48.5 Å². The Morgan fingerprint density at radius 3 is 2.31 bits per heavy atom. The standard InChI is InChI=1S/C23H21BrClN3O4/c24-16-1-7-19(8-2-16)32-21-20(27-11-9-23(10-12-27)30-13-14-31-23)15-26-28(22(21)29)18-5-3-17(25)4-6-18/h1-8,15H,9-14H2. The largest absolute Gasteiger partial charge is 0.449 e. The van der Waals surface area contributed by atoms with Crippen LogP contribution in [0.2, 0.25) is 5.02 Å². The number of halogens is 2. The number of hydrogen-bond donors (Lipinski definition) is 0. The molecule has 9 heteroatoms. The smallest absolute Gasteiger partial charge is 0.316 e. The van der Waals surface area contributed by atoms with Crippen molar-refractivity contribution < 1.29 is 14.2 Å². The second-order valence-corrected chi connectivity index (χ2v) is 9.06. The van der Waals surface area contributed by atoms with Gasteiger partial charge in [0.1, 0.15) is 11.4 Å². The van der Waals surface area contributed by atoms with Crippen LogP contribution in [0, 0.1) is 0 Å². The minimum Gasteiger partial charge on any atom is -0.449 e. The fourth-order valence-corrected chi connectivity index (χ4v) is 4.40. The van der Waals surface area contributed by atoms with Gasteiger partial charge in [0, 0.05) is 35.4 Å². The number of rotatable bonds is 4. The molecule has 2 saturated heterocycles. The van der Waals surface area contributed by atoms with Gasteiger partial charge < -0.3 is 19.1 Å². The molecule has 2 aliphatic rings. The molecule has 0 unspecified atom stereocenters. The first-order valence-electron chi connectivity index (χ1n) is 10.4. The van der Waals surface area contributed by atoms with Crippen LogP contribution in [0.5, 0.6) is 11.5 Å². The number of anilines is 1. The zero-order valence-corrected chi connectivity index (χ0v) is 19.5. The van der Waals surface area contributed by atoms with Crippen LogP contribution in [0.25, 0.3) is 5.69 Å². The Balaban J connectivity index is 1.52. The second kappa shape index (κ2) is 8.86. The van der Waals surface area contributed by atoms with E-state index in [-0.39, 0.29) is 11.3 Å². The lowest BCUT2D eigenvalue weighted by Crippen LogP contribution is -2.45. The summed E-state index contributed by atoms with van der Waals surface area (Å²) in [5.41, 5.74) is 0.911. The van der Waals surface area contributed by atoms with Crippen molar-refractivity contribution in [1.29, 1.82) is 0 Å². The molecule has 0 N–H and O–H groups in total. The molecule has 0 aliphatic carbocycles. The molecule has 3 aromatic rings. The molecule has 0 atom stereocenters. The van der Waals surface area contributed by atoms with Crippen molar-refractivity contribution in [3.63, 3.8) is 0 Å². The quantitative estimate of drug-likeness (QED) is 0.495. The summed E-state index contributed by atoms with van der Waals surface area (Å²) >= 11 is 9.43. The normalized spacial score (nSPS) is 17.6. The number of benzene rings is 2. The van der Waals surface area contributed by atoms with Gasteiger partial charge in [0.05, 0.1) is 25.1 Å². The lowest BCUT2D eigenvalue weighted by atomic mass is 10.0. The first kappa shape index (κ1) is 21.5. The van der Waals surface area contributed by atoms with Crippen molar-refractivity contribution in [2.45, 2.75) is 18.6 Å². The molecule has 0 radical (unpaired) electrons. The minimum absolute atomic E-state index is 0.224. The number of ether oxygens (including phenoxy) is 3. The van der Waals surface area contributed by atoms with Crippen molar-refractivity contribution in [1.82, 2.24) is 9.78 Å². The topological polar surface area (TPSA) is 65.8 Å². The van der Waals surface area contributed by atoms with Crippen LogP contribution >= 0.6 is 27.5 Å². The Labute approximate surface area is 198 Å². The summed E-state index contributed by atoms with van der Waals surface area (Å²) in [4.78, 5) is 15.6. The maximum Gasteiger partial charge on any atom is 0.316 e. The van der Waals surface area contributed by atoms with Crippen LogP contribution in [0.3, 0.4) is 0 Å². The van der Waals surface area contributed by atoms with Gasteiger partial charge in [0.15, 0.2) is 5.79 Å². The zero-order valence-electron chi connectivity index (χ0n) is 17.2. The maximum absolute atomic E-state index is 13.5. The third kappa shape index (κ3) is 4.28. The predicted octanol–water partition coefficient (Wildman–Crippen LogP) is 4.78. The zero-order chi connectivity index (χ0) is 22.1. The first-order valence-corrected chi connectivity index (χ1v) is 11.5. The van der Waals surface area contributed by atoms with Crippen molar-refractivity contribution >= 4 is 33.2 Å². The number of piperidine rings is 1. The second-order valence-electron chi connectivity index (χ2n) is 7.70. The summed E-state index contributed by atoms with van der Waals surface area (Å²) in [6, 6.07) is 14.3. The van der Waals surface area contributed by atoms with Gasteiger partial charge in [-0.15, -0.1) is 0 Å². The van der Waals surface area contributed by atoms with E-state index in [1.807, 2.05) is 24.3 Å². The first-order chi connectivity index (χ1) is 15.5. The third-order valence-corrected chi connectivity index (χ3v) is 6.48. The van der Waals surface area contributed by atoms with E-state index in [4.69, 9.17) is 25.8 Å². The van der Waals surface area contributed by atoms with Gasteiger partial charge in [-0.25, -0.2) is 0 Å². The fourth-order valence-electron chi connectivity index (χ4n) is 4.01. The maximum atomic E-state index is 13.5. The molecular weight excluding hydrogens is 498 g/mol. The lowest BCUT2D eigenvalue weighted by Gasteiger charge is -2.38. The average Bonchev–Trinajstić information content (AvgIpc) is 3.26. The van der Waals surface area contributed by atoms with Crippen LogP contribution < -0.4 is 15.2 Å². The Morgan fingerprint density at radius 1 is 1.00 bits per heavy atom. The molecule has 2 aliphatic heterocycles. The molecule has 3 heterocycles. The molecule has 1 aromatic heterocycles. The molecule has 2 aromatic carbocycles. The molecule has 0 bridgehead atoms. The van der Waals surface area contributed by atoms with E-state index in [0.29, 0.717) is 61.3 Å².